The smallest absolute Gasteiger partial charge is 0.293 e. The van der Waals surface area contributed by atoms with Gasteiger partial charge in [0, 0.05) is 0 Å². The van der Waals surface area contributed by atoms with Gasteiger partial charge in [-0.3, -0.25) is 4.79 Å². The van der Waals surface area contributed by atoms with Crippen molar-refractivity contribution in [1.82, 2.24) is 0 Å². The average Bonchev–Trinajstić information content (AvgIpc) is 1.59. The predicted octanol–water partition coefficient (Wildman–Crippen LogP) is 0.254. The second kappa shape index (κ2) is 3.56. The standard InChI is InChI=1S/C7H16NO2/c1-7(10-6-9)5-8(2,3)4/h6-7H,5H2,1-4H3/q+1. The summed E-state index contributed by atoms with van der Waals surface area (Å²) in [6, 6.07) is 0. The van der Waals surface area contributed by atoms with Gasteiger partial charge < -0.3 is 9.22 Å². The third kappa shape index (κ3) is 5.56. The highest BCUT2D eigenvalue weighted by molar-refractivity contribution is 5.37. The highest BCUT2D eigenvalue weighted by Crippen LogP contribution is 1.96. The van der Waals surface area contributed by atoms with Gasteiger partial charge in [-0.2, -0.15) is 0 Å². The van der Waals surface area contributed by atoms with Crippen LogP contribution in [0.1, 0.15) is 6.92 Å². The first-order chi connectivity index (χ1) is 4.45. The first kappa shape index (κ1) is 9.43. The van der Waals surface area contributed by atoms with Gasteiger partial charge in [-0.05, 0) is 6.92 Å². The second-order valence-electron chi connectivity index (χ2n) is 3.52. The summed E-state index contributed by atoms with van der Waals surface area (Å²) in [6.45, 7) is 3.23. The molecule has 0 aliphatic heterocycles. The lowest BCUT2D eigenvalue weighted by atomic mass is 10.3. The van der Waals surface area contributed by atoms with Gasteiger partial charge >= 0.3 is 0 Å². The van der Waals surface area contributed by atoms with Crippen molar-refractivity contribution in [3.63, 3.8) is 0 Å². The van der Waals surface area contributed by atoms with Gasteiger partial charge in [0.15, 0.2) is 0 Å². The van der Waals surface area contributed by atoms with E-state index in [-0.39, 0.29) is 6.10 Å². The lowest BCUT2D eigenvalue weighted by Gasteiger charge is -2.26. The van der Waals surface area contributed by atoms with Crippen molar-refractivity contribution in [2.75, 3.05) is 27.7 Å². The minimum Gasteiger partial charge on any atom is -0.459 e. The Morgan fingerprint density at radius 2 is 2.00 bits per heavy atom. The van der Waals surface area contributed by atoms with E-state index in [1.807, 2.05) is 6.92 Å². The highest BCUT2D eigenvalue weighted by atomic mass is 16.5. The molecule has 0 saturated carbocycles. The molecule has 0 radical (unpaired) electrons. The molecular formula is C7H16NO2+. The summed E-state index contributed by atoms with van der Waals surface area (Å²) in [4.78, 5) is 9.87. The van der Waals surface area contributed by atoms with Crippen molar-refractivity contribution >= 4 is 6.47 Å². The van der Waals surface area contributed by atoms with Crippen LogP contribution in [0.25, 0.3) is 0 Å². The van der Waals surface area contributed by atoms with Crippen LogP contribution in [0.5, 0.6) is 0 Å². The quantitative estimate of drug-likeness (QED) is 0.420. The number of hydrogen-bond acceptors (Lipinski definition) is 2. The number of ether oxygens (including phenoxy) is 1. The largest absolute Gasteiger partial charge is 0.459 e. The van der Waals surface area contributed by atoms with Crippen LogP contribution in [-0.4, -0.2) is 44.7 Å². The molecule has 0 spiro atoms. The Labute approximate surface area is 62.2 Å². The fraction of sp³-hybridized carbons (Fsp3) is 0.857. The van der Waals surface area contributed by atoms with Crippen LogP contribution in [0.2, 0.25) is 0 Å². The van der Waals surface area contributed by atoms with Gasteiger partial charge in [-0.25, -0.2) is 0 Å². The van der Waals surface area contributed by atoms with Crippen molar-refractivity contribution in [3.8, 4) is 0 Å². The molecule has 10 heavy (non-hydrogen) atoms. The van der Waals surface area contributed by atoms with Gasteiger partial charge in [0.1, 0.15) is 12.6 Å². The maximum Gasteiger partial charge on any atom is 0.293 e. The van der Waals surface area contributed by atoms with Crippen molar-refractivity contribution < 1.29 is 14.0 Å². The highest BCUT2D eigenvalue weighted by Gasteiger charge is 2.13. The van der Waals surface area contributed by atoms with Crippen LogP contribution in [-0.2, 0) is 9.53 Å². The Hall–Kier alpha value is -0.570. The van der Waals surface area contributed by atoms with Crippen LogP contribution < -0.4 is 0 Å². The van der Waals surface area contributed by atoms with Crippen LogP contribution >= 0.6 is 0 Å². The Bertz CT molecular complexity index is 107. The molecule has 3 nitrogen and oxygen atoms in total. The predicted molar refractivity (Wildman–Crippen MR) is 39.5 cm³/mol. The summed E-state index contributed by atoms with van der Waals surface area (Å²) in [5, 5.41) is 0. The van der Waals surface area contributed by atoms with E-state index in [2.05, 4.69) is 21.1 Å². The van der Waals surface area contributed by atoms with Crippen LogP contribution in [0, 0.1) is 0 Å². The van der Waals surface area contributed by atoms with E-state index in [1.54, 1.807) is 0 Å². The number of carbonyl (C=O) groups is 1. The zero-order valence-corrected chi connectivity index (χ0v) is 7.13. The summed E-state index contributed by atoms with van der Waals surface area (Å²) < 4.78 is 5.54. The molecule has 1 unspecified atom stereocenters. The lowest BCUT2D eigenvalue weighted by Crippen LogP contribution is -2.41. The minimum atomic E-state index is 0.0116. The first-order valence-electron chi connectivity index (χ1n) is 3.35. The Morgan fingerprint density at radius 3 is 2.30 bits per heavy atom. The number of nitrogens with zero attached hydrogens (tertiary/aromatic N) is 1. The summed E-state index contributed by atoms with van der Waals surface area (Å²) in [5.41, 5.74) is 0. The first-order valence-corrected chi connectivity index (χ1v) is 3.35. The number of carbonyl (C=O) groups excluding carboxylic acids is 1. The molecule has 0 aromatic rings. The van der Waals surface area contributed by atoms with Crippen molar-refractivity contribution in [3.05, 3.63) is 0 Å². The molecule has 0 aromatic heterocycles. The summed E-state index contributed by atoms with van der Waals surface area (Å²) in [5.74, 6) is 0. The molecule has 0 aromatic carbocycles. The topological polar surface area (TPSA) is 26.3 Å². The van der Waals surface area contributed by atoms with Crippen molar-refractivity contribution in [2.24, 2.45) is 0 Å². The SMILES string of the molecule is CC(C[N+](C)(C)C)OC=O. The molecule has 0 bridgehead atoms. The molecule has 0 fully saturated rings. The maximum atomic E-state index is 9.87. The zero-order chi connectivity index (χ0) is 8.20. The molecular weight excluding hydrogens is 130 g/mol. The molecule has 0 amide bonds. The molecule has 60 valence electrons. The van der Waals surface area contributed by atoms with E-state index in [4.69, 9.17) is 4.74 Å². The zero-order valence-electron chi connectivity index (χ0n) is 7.13. The number of hydrogen-bond donors (Lipinski definition) is 0. The number of rotatable bonds is 4. The number of quaternary nitrogens is 1. The maximum absolute atomic E-state index is 9.87. The molecule has 0 heterocycles. The van der Waals surface area contributed by atoms with E-state index in [9.17, 15) is 4.79 Å². The lowest BCUT2D eigenvalue weighted by molar-refractivity contribution is -0.873. The Kier molecular flexibility index (Phi) is 3.36. The normalized spacial score (nSPS) is 14.4. The summed E-state index contributed by atoms with van der Waals surface area (Å²) in [6.07, 6.45) is 0.0116. The van der Waals surface area contributed by atoms with Crippen molar-refractivity contribution in [2.45, 2.75) is 13.0 Å². The van der Waals surface area contributed by atoms with Gasteiger partial charge in [0.05, 0.1) is 21.1 Å². The summed E-state index contributed by atoms with van der Waals surface area (Å²) in [7, 11) is 6.18. The van der Waals surface area contributed by atoms with Gasteiger partial charge in [0.2, 0.25) is 0 Å². The molecule has 3 heteroatoms. The van der Waals surface area contributed by atoms with Gasteiger partial charge in [0.25, 0.3) is 6.47 Å². The van der Waals surface area contributed by atoms with E-state index in [1.165, 1.54) is 0 Å². The van der Waals surface area contributed by atoms with E-state index in [0.717, 1.165) is 11.0 Å². The van der Waals surface area contributed by atoms with Gasteiger partial charge in [-0.1, -0.05) is 0 Å². The molecule has 1 atom stereocenters. The van der Waals surface area contributed by atoms with Gasteiger partial charge in [-0.15, -0.1) is 0 Å². The molecule has 0 saturated heterocycles. The third-order valence-corrected chi connectivity index (χ3v) is 1.09. The Morgan fingerprint density at radius 1 is 1.50 bits per heavy atom. The average molecular weight is 146 g/mol. The van der Waals surface area contributed by atoms with Crippen LogP contribution in [0.4, 0.5) is 0 Å². The second-order valence-corrected chi connectivity index (χ2v) is 3.52. The molecule has 0 aliphatic carbocycles. The van der Waals surface area contributed by atoms with Crippen molar-refractivity contribution in [1.29, 1.82) is 0 Å². The monoisotopic (exact) mass is 146 g/mol. The Balaban J connectivity index is 3.56. The summed E-state index contributed by atoms with van der Waals surface area (Å²) >= 11 is 0. The molecule has 0 N–H and O–H groups in total. The fourth-order valence-electron chi connectivity index (χ4n) is 0.909. The van der Waals surface area contributed by atoms with E-state index < -0.39 is 0 Å². The van der Waals surface area contributed by atoms with Crippen LogP contribution in [0.3, 0.4) is 0 Å². The third-order valence-electron chi connectivity index (χ3n) is 1.09. The molecule has 0 aliphatic rings. The van der Waals surface area contributed by atoms with Crippen LogP contribution in [0.15, 0.2) is 0 Å². The van der Waals surface area contributed by atoms with E-state index in [0.29, 0.717) is 6.47 Å². The fourth-order valence-corrected chi connectivity index (χ4v) is 0.909. The molecule has 0 rings (SSSR count). The minimum absolute atomic E-state index is 0.0116. The number of likely N-dealkylation sites (N-methyl/N-ethyl adjacent to an activating group) is 1. The van der Waals surface area contributed by atoms with E-state index >= 15 is 0 Å².